The molecule has 0 spiro atoms. The zero-order valence-corrected chi connectivity index (χ0v) is 14.9. The van der Waals surface area contributed by atoms with E-state index in [9.17, 15) is 9.59 Å². The molecule has 1 aromatic carbocycles. The molecule has 1 fully saturated rings. The van der Waals surface area contributed by atoms with Gasteiger partial charge in [0.15, 0.2) is 0 Å². The summed E-state index contributed by atoms with van der Waals surface area (Å²) < 4.78 is 5.53. The summed E-state index contributed by atoms with van der Waals surface area (Å²) in [6.07, 6.45) is 0.153. The van der Waals surface area contributed by atoms with Crippen molar-refractivity contribution < 1.29 is 14.3 Å². The number of hydrogen-bond acceptors (Lipinski definition) is 4. The third kappa shape index (κ3) is 6.47. The molecule has 1 aliphatic heterocycles. The number of carbonyl (C=O) groups is 2. The highest BCUT2D eigenvalue weighted by molar-refractivity contribution is 6.03. The van der Waals surface area contributed by atoms with E-state index in [-0.39, 0.29) is 36.7 Å². The van der Waals surface area contributed by atoms with E-state index in [1.54, 1.807) is 24.3 Å². The Morgan fingerprint density at radius 1 is 1.33 bits per heavy atom. The lowest BCUT2D eigenvalue weighted by atomic mass is 10.1. The lowest BCUT2D eigenvalue weighted by Gasteiger charge is -2.23. The monoisotopic (exact) mass is 355 g/mol. The molecule has 2 rings (SSSR count). The summed E-state index contributed by atoms with van der Waals surface area (Å²) in [7, 11) is 0. The van der Waals surface area contributed by atoms with Crippen LogP contribution in [0.3, 0.4) is 0 Å². The fourth-order valence-electron chi connectivity index (χ4n) is 2.34. The van der Waals surface area contributed by atoms with Crippen LogP contribution in [0.5, 0.6) is 0 Å². The molecule has 1 aliphatic rings. The summed E-state index contributed by atoms with van der Waals surface area (Å²) in [5.74, 6) is 0.0460. The lowest BCUT2D eigenvalue weighted by molar-refractivity contribution is -0.119. The second kappa shape index (κ2) is 10.3. The summed E-state index contributed by atoms with van der Waals surface area (Å²) in [6, 6.07) is 7.04. The van der Waals surface area contributed by atoms with Gasteiger partial charge in [-0.2, -0.15) is 0 Å². The fraction of sp³-hybridized carbons (Fsp3) is 0.529. The second-order valence-electron chi connectivity index (χ2n) is 6.10. The topological polar surface area (TPSA) is 79.5 Å². The minimum Gasteiger partial charge on any atom is -0.375 e. The molecule has 0 aliphatic carbocycles. The number of nitrogens with one attached hydrogen (secondary N) is 3. The van der Waals surface area contributed by atoms with Gasteiger partial charge in [-0.1, -0.05) is 26.0 Å². The molecule has 24 heavy (non-hydrogen) atoms. The summed E-state index contributed by atoms with van der Waals surface area (Å²) in [5, 5.41) is 8.88. The molecule has 2 amide bonds. The average molecular weight is 356 g/mol. The van der Waals surface area contributed by atoms with Crippen molar-refractivity contribution in [3.63, 3.8) is 0 Å². The van der Waals surface area contributed by atoms with Crippen LogP contribution in [0.4, 0.5) is 5.69 Å². The minimum atomic E-state index is -0.176. The van der Waals surface area contributed by atoms with Gasteiger partial charge in [0, 0.05) is 19.6 Å². The zero-order chi connectivity index (χ0) is 16.7. The fourth-order valence-corrected chi connectivity index (χ4v) is 2.34. The Hall–Kier alpha value is -1.63. The largest absolute Gasteiger partial charge is 0.375 e. The number of carbonyl (C=O) groups excluding carboxylic acids is 2. The molecule has 0 saturated carbocycles. The van der Waals surface area contributed by atoms with E-state index < -0.39 is 0 Å². The molecule has 3 N–H and O–H groups in total. The van der Waals surface area contributed by atoms with Crippen LogP contribution >= 0.6 is 12.4 Å². The number of anilines is 1. The van der Waals surface area contributed by atoms with Gasteiger partial charge in [0.25, 0.3) is 5.91 Å². The summed E-state index contributed by atoms with van der Waals surface area (Å²) in [4.78, 5) is 24.4. The van der Waals surface area contributed by atoms with Gasteiger partial charge < -0.3 is 20.7 Å². The number of rotatable bonds is 6. The Kier molecular flexibility index (Phi) is 8.74. The van der Waals surface area contributed by atoms with E-state index in [4.69, 9.17) is 4.74 Å². The molecule has 6 nitrogen and oxygen atoms in total. The van der Waals surface area contributed by atoms with Gasteiger partial charge in [-0.25, -0.2) is 0 Å². The average Bonchev–Trinajstić information content (AvgIpc) is 2.54. The standard InChI is InChI=1S/C17H25N3O3.ClH/c1-12(2)10-19-17(22)14-5-3-4-6-15(14)20-16(21)9-13-11-18-7-8-23-13;/h3-6,12-13,18H,7-11H2,1-2H3,(H,19,22)(H,20,21);1H. The molecule has 0 aromatic heterocycles. The smallest absolute Gasteiger partial charge is 0.253 e. The van der Waals surface area contributed by atoms with Crippen molar-refractivity contribution in [3.8, 4) is 0 Å². The van der Waals surface area contributed by atoms with E-state index >= 15 is 0 Å². The van der Waals surface area contributed by atoms with Crippen molar-refractivity contribution in [1.29, 1.82) is 0 Å². The number of para-hydroxylation sites is 1. The van der Waals surface area contributed by atoms with Crippen LogP contribution in [-0.2, 0) is 9.53 Å². The third-order valence-corrected chi connectivity index (χ3v) is 3.53. The number of benzene rings is 1. The van der Waals surface area contributed by atoms with Gasteiger partial charge in [0.05, 0.1) is 30.4 Å². The van der Waals surface area contributed by atoms with Gasteiger partial charge in [-0.05, 0) is 18.1 Å². The van der Waals surface area contributed by atoms with Crippen molar-refractivity contribution in [2.75, 3.05) is 31.6 Å². The van der Waals surface area contributed by atoms with Gasteiger partial charge in [0.2, 0.25) is 5.91 Å². The zero-order valence-electron chi connectivity index (χ0n) is 14.1. The SMILES string of the molecule is CC(C)CNC(=O)c1ccccc1NC(=O)CC1CNCCO1.Cl. The number of hydrogen-bond donors (Lipinski definition) is 3. The van der Waals surface area contributed by atoms with Crippen LogP contribution in [0.15, 0.2) is 24.3 Å². The molecule has 1 heterocycles. The van der Waals surface area contributed by atoms with Crippen LogP contribution in [0.1, 0.15) is 30.6 Å². The van der Waals surface area contributed by atoms with Crippen molar-refractivity contribution >= 4 is 29.9 Å². The van der Waals surface area contributed by atoms with Crippen LogP contribution in [0.2, 0.25) is 0 Å². The first-order chi connectivity index (χ1) is 11.1. The van der Waals surface area contributed by atoms with Crippen LogP contribution in [0.25, 0.3) is 0 Å². The second-order valence-corrected chi connectivity index (χ2v) is 6.10. The Balaban J connectivity index is 0.00000288. The van der Waals surface area contributed by atoms with E-state index in [1.807, 2.05) is 13.8 Å². The summed E-state index contributed by atoms with van der Waals surface area (Å²) in [6.45, 7) is 6.77. The summed E-state index contributed by atoms with van der Waals surface area (Å²) in [5.41, 5.74) is 1.01. The normalized spacial score (nSPS) is 17.0. The Bertz CT molecular complexity index is 546. The van der Waals surface area contributed by atoms with Gasteiger partial charge in [0.1, 0.15) is 0 Å². The predicted octanol–water partition coefficient (Wildman–Crippen LogP) is 1.81. The van der Waals surface area contributed by atoms with Crippen molar-refractivity contribution in [3.05, 3.63) is 29.8 Å². The molecule has 1 aromatic rings. The van der Waals surface area contributed by atoms with E-state index in [1.165, 1.54) is 0 Å². The Morgan fingerprint density at radius 2 is 2.08 bits per heavy atom. The van der Waals surface area contributed by atoms with Crippen LogP contribution < -0.4 is 16.0 Å². The number of morpholine rings is 1. The lowest BCUT2D eigenvalue weighted by Crippen LogP contribution is -2.40. The van der Waals surface area contributed by atoms with E-state index in [2.05, 4.69) is 16.0 Å². The number of ether oxygens (including phenoxy) is 1. The van der Waals surface area contributed by atoms with E-state index in [0.29, 0.717) is 36.9 Å². The first-order valence-corrected chi connectivity index (χ1v) is 8.05. The molecular formula is C17H26ClN3O3. The van der Waals surface area contributed by atoms with Gasteiger partial charge >= 0.3 is 0 Å². The van der Waals surface area contributed by atoms with Crippen LogP contribution in [0, 0.1) is 5.92 Å². The number of amides is 2. The van der Waals surface area contributed by atoms with E-state index in [0.717, 1.165) is 6.54 Å². The summed E-state index contributed by atoms with van der Waals surface area (Å²) >= 11 is 0. The minimum absolute atomic E-state index is 0. The predicted molar refractivity (Wildman–Crippen MR) is 96.7 cm³/mol. The van der Waals surface area contributed by atoms with Crippen LogP contribution in [-0.4, -0.2) is 44.2 Å². The van der Waals surface area contributed by atoms with Gasteiger partial charge in [-0.3, -0.25) is 9.59 Å². The maximum absolute atomic E-state index is 12.2. The first-order valence-electron chi connectivity index (χ1n) is 8.05. The van der Waals surface area contributed by atoms with Crippen molar-refractivity contribution in [2.24, 2.45) is 5.92 Å². The molecule has 7 heteroatoms. The molecule has 1 atom stereocenters. The van der Waals surface area contributed by atoms with Gasteiger partial charge in [-0.15, -0.1) is 12.4 Å². The molecular weight excluding hydrogens is 330 g/mol. The third-order valence-electron chi connectivity index (χ3n) is 3.53. The Morgan fingerprint density at radius 3 is 2.75 bits per heavy atom. The molecule has 0 bridgehead atoms. The molecule has 134 valence electrons. The Labute approximate surface area is 149 Å². The quantitative estimate of drug-likeness (QED) is 0.727. The highest BCUT2D eigenvalue weighted by Crippen LogP contribution is 2.16. The molecule has 0 radical (unpaired) electrons. The van der Waals surface area contributed by atoms with Crippen molar-refractivity contribution in [1.82, 2.24) is 10.6 Å². The molecule has 1 unspecified atom stereocenters. The highest BCUT2D eigenvalue weighted by Gasteiger charge is 2.19. The number of halogens is 1. The first kappa shape index (κ1) is 20.4. The molecule has 1 saturated heterocycles. The maximum atomic E-state index is 12.2. The highest BCUT2D eigenvalue weighted by atomic mass is 35.5. The maximum Gasteiger partial charge on any atom is 0.253 e. The van der Waals surface area contributed by atoms with Crippen molar-refractivity contribution in [2.45, 2.75) is 26.4 Å².